The molecule has 0 saturated heterocycles. The van der Waals surface area contributed by atoms with Crippen LogP contribution >= 0.6 is 0 Å². The molecule has 0 saturated carbocycles. The van der Waals surface area contributed by atoms with Gasteiger partial charge in [0, 0.05) is 4.91 Å². The van der Waals surface area contributed by atoms with Gasteiger partial charge in [0.25, 0.3) is 0 Å². The molecule has 0 spiro atoms. The molecule has 0 N–H and O–H groups in total. The standard InChI is InChI=1S/C3H4N3O2/c4-6-5-1-2-8-3-7/h1-2H2. The molecule has 0 bridgehead atoms. The fraction of sp³-hybridized carbons (Fsp3) is 0.667. The van der Waals surface area contributed by atoms with E-state index < -0.39 is 0 Å². The van der Waals surface area contributed by atoms with Crippen LogP contribution in [0.15, 0.2) is 5.11 Å². The molecule has 0 aromatic heterocycles. The van der Waals surface area contributed by atoms with Crippen LogP contribution in [0.25, 0.3) is 10.4 Å². The molecule has 0 amide bonds. The van der Waals surface area contributed by atoms with Gasteiger partial charge in [-0.25, -0.2) is 4.79 Å². The number of azide groups is 1. The Morgan fingerprint density at radius 3 is 3.12 bits per heavy atom. The predicted molar refractivity (Wildman–Crippen MR) is 25.7 cm³/mol. The highest BCUT2D eigenvalue weighted by atomic mass is 16.5. The van der Waals surface area contributed by atoms with Crippen LogP contribution in [-0.2, 0) is 9.53 Å². The van der Waals surface area contributed by atoms with Crippen molar-refractivity contribution in [3.63, 3.8) is 0 Å². The van der Waals surface area contributed by atoms with E-state index >= 15 is 0 Å². The maximum Gasteiger partial charge on any atom is 0.417 e. The summed E-state index contributed by atoms with van der Waals surface area (Å²) in [6, 6.07) is 0. The summed E-state index contributed by atoms with van der Waals surface area (Å²) in [6.07, 6.45) is 0. The van der Waals surface area contributed by atoms with Gasteiger partial charge in [-0.15, -0.1) is 0 Å². The fourth-order valence-corrected chi connectivity index (χ4v) is 0.173. The Morgan fingerprint density at radius 2 is 2.62 bits per heavy atom. The van der Waals surface area contributed by atoms with Crippen LogP contribution in [0.3, 0.4) is 0 Å². The molecule has 0 aliphatic rings. The van der Waals surface area contributed by atoms with Gasteiger partial charge >= 0.3 is 6.47 Å². The van der Waals surface area contributed by atoms with Gasteiger partial charge in [-0.2, -0.15) is 0 Å². The monoisotopic (exact) mass is 114 g/mol. The first kappa shape index (κ1) is 6.78. The molecule has 0 rings (SSSR count). The van der Waals surface area contributed by atoms with Crippen LogP contribution < -0.4 is 0 Å². The summed E-state index contributed by atoms with van der Waals surface area (Å²) >= 11 is 0. The Morgan fingerprint density at radius 1 is 1.88 bits per heavy atom. The van der Waals surface area contributed by atoms with E-state index in [1.54, 1.807) is 0 Å². The Kier molecular flexibility index (Phi) is 4.90. The Bertz CT molecular complexity index is 107. The number of ether oxygens (including phenoxy) is 1. The van der Waals surface area contributed by atoms with E-state index in [4.69, 9.17) is 5.53 Å². The summed E-state index contributed by atoms with van der Waals surface area (Å²) in [7, 11) is 0. The third kappa shape index (κ3) is 4.78. The molecular weight excluding hydrogens is 110 g/mol. The van der Waals surface area contributed by atoms with Gasteiger partial charge < -0.3 is 4.74 Å². The first-order valence-corrected chi connectivity index (χ1v) is 1.91. The molecule has 5 nitrogen and oxygen atoms in total. The third-order valence-electron chi connectivity index (χ3n) is 0.416. The number of rotatable bonds is 4. The van der Waals surface area contributed by atoms with Gasteiger partial charge in [0.2, 0.25) is 0 Å². The van der Waals surface area contributed by atoms with Gasteiger partial charge in [-0.05, 0) is 5.53 Å². The molecule has 5 heteroatoms. The maximum absolute atomic E-state index is 9.29. The topological polar surface area (TPSA) is 75.1 Å². The van der Waals surface area contributed by atoms with E-state index in [2.05, 4.69) is 14.8 Å². The highest BCUT2D eigenvalue weighted by Gasteiger charge is 1.78. The van der Waals surface area contributed by atoms with Crippen molar-refractivity contribution in [2.45, 2.75) is 0 Å². The Labute approximate surface area is 45.9 Å². The average molecular weight is 114 g/mol. The lowest BCUT2D eigenvalue weighted by Crippen LogP contribution is -1.93. The first-order valence-electron chi connectivity index (χ1n) is 1.91. The molecule has 0 unspecified atom stereocenters. The zero-order chi connectivity index (χ0) is 6.24. The van der Waals surface area contributed by atoms with Gasteiger partial charge in [0.05, 0.1) is 13.2 Å². The van der Waals surface area contributed by atoms with Crippen molar-refractivity contribution in [1.82, 2.24) is 0 Å². The van der Waals surface area contributed by atoms with Crippen molar-refractivity contribution < 1.29 is 9.53 Å². The van der Waals surface area contributed by atoms with Crippen LogP contribution in [0.1, 0.15) is 0 Å². The lowest BCUT2D eigenvalue weighted by Gasteiger charge is -1.85. The second-order valence-electron chi connectivity index (χ2n) is 0.886. The maximum atomic E-state index is 9.29. The molecule has 0 heterocycles. The number of carbonyl (C=O) groups excluding carboxylic acids is 1. The van der Waals surface area contributed by atoms with Crippen molar-refractivity contribution in [3.05, 3.63) is 10.4 Å². The van der Waals surface area contributed by atoms with Crippen LogP contribution in [0.4, 0.5) is 0 Å². The molecular formula is C3H4N3O2. The van der Waals surface area contributed by atoms with Gasteiger partial charge in [-0.3, -0.25) is 0 Å². The van der Waals surface area contributed by atoms with Crippen molar-refractivity contribution in [2.24, 2.45) is 5.11 Å². The zero-order valence-corrected chi connectivity index (χ0v) is 4.07. The second kappa shape index (κ2) is 5.78. The minimum Gasteiger partial charge on any atom is -0.457 e. The Hall–Kier alpha value is -1.22. The molecule has 0 atom stereocenters. The van der Waals surface area contributed by atoms with Crippen LogP contribution in [-0.4, -0.2) is 19.6 Å². The minimum absolute atomic E-state index is 0.105. The number of hydrogen-bond donors (Lipinski definition) is 0. The first-order chi connectivity index (χ1) is 3.91. The largest absolute Gasteiger partial charge is 0.457 e. The van der Waals surface area contributed by atoms with Gasteiger partial charge in [0.15, 0.2) is 0 Å². The average Bonchev–Trinajstić information content (AvgIpc) is 1.81. The van der Waals surface area contributed by atoms with Gasteiger partial charge in [-0.1, -0.05) is 5.11 Å². The van der Waals surface area contributed by atoms with E-state index in [1.165, 1.54) is 6.47 Å². The number of hydrogen-bond acceptors (Lipinski definition) is 3. The van der Waals surface area contributed by atoms with E-state index in [0.717, 1.165) is 0 Å². The predicted octanol–water partition coefficient (Wildman–Crippen LogP) is 0.380. The molecule has 0 fully saturated rings. The molecule has 8 heavy (non-hydrogen) atoms. The van der Waals surface area contributed by atoms with E-state index in [-0.39, 0.29) is 13.2 Å². The smallest absolute Gasteiger partial charge is 0.417 e. The van der Waals surface area contributed by atoms with Gasteiger partial charge in [0.1, 0.15) is 0 Å². The van der Waals surface area contributed by atoms with Crippen molar-refractivity contribution in [1.29, 1.82) is 0 Å². The highest BCUT2D eigenvalue weighted by Crippen LogP contribution is 1.70. The number of nitrogens with zero attached hydrogens (tertiary/aromatic N) is 3. The van der Waals surface area contributed by atoms with Crippen LogP contribution in [0.5, 0.6) is 0 Å². The lowest BCUT2D eigenvalue weighted by molar-refractivity contribution is 0.287. The summed E-state index contributed by atoms with van der Waals surface area (Å²) in [4.78, 5) is 11.7. The third-order valence-corrected chi connectivity index (χ3v) is 0.416. The Balaban J connectivity index is 2.93. The summed E-state index contributed by atoms with van der Waals surface area (Å²) in [5, 5.41) is 3.09. The van der Waals surface area contributed by atoms with Crippen LogP contribution in [0, 0.1) is 0 Å². The molecule has 0 aliphatic heterocycles. The zero-order valence-electron chi connectivity index (χ0n) is 4.07. The molecule has 0 aliphatic carbocycles. The van der Waals surface area contributed by atoms with E-state index in [1.807, 2.05) is 0 Å². The normalized spacial score (nSPS) is 7.00. The fourth-order valence-electron chi connectivity index (χ4n) is 0.173. The minimum atomic E-state index is 0.105. The molecule has 0 aromatic carbocycles. The van der Waals surface area contributed by atoms with E-state index in [9.17, 15) is 4.79 Å². The van der Waals surface area contributed by atoms with Crippen molar-refractivity contribution in [3.8, 4) is 0 Å². The SMILES string of the molecule is [N-]=[N+]=NCCO[C]=O. The van der Waals surface area contributed by atoms with Crippen LogP contribution in [0.2, 0.25) is 0 Å². The van der Waals surface area contributed by atoms with E-state index in [0.29, 0.717) is 0 Å². The highest BCUT2D eigenvalue weighted by molar-refractivity contribution is 5.38. The summed E-state index contributed by atoms with van der Waals surface area (Å²) < 4.78 is 4.07. The molecule has 0 aromatic rings. The molecule has 43 valence electrons. The summed E-state index contributed by atoms with van der Waals surface area (Å²) in [5.41, 5.74) is 7.67. The summed E-state index contributed by atoms with van der Waals surface area (Å²) in [6.45, 7) is 1.47. The lowest BCUT2D eigenvalue weighted by atomic mass is 10.7. The summed E-state index contributed by atoms with van der Waals surface area (Å²) in [5.74, 6) is 0. The quantitative estimate of drug-likeness (QED) is 0.229. The second-order valence-corrected chi connectivity index (χ2v) is 0.886. The molecule has 1 radical (unpaired) electrons. The van der Waals surface area contributed by atoms with Crippen molar-refractivity contribution in [2.75, 3.05) is 13.2 Å². The van der Waals surface area contributed by atoms with Crippen molar-refractivity contribution >= 4 is 6.47 Å².